The van der Waals surface area contributed by atoms with Gasteiger partial charge < -0.3 is 41.2 Å². The molecule has 0 atom stereocenters. The molecule has 8 aromatic rings. The number of hydrogen-bond donors (Lipinski definition) is 0. The minimum Gasteiger partial charge on any atom is -0.443 e. The zero-order chi connectivity index (χ0) is 45.4. The molecular weight excluding hydrogens is 999 g/mol. The number of benzene rings is 8. The van der Waals surface area contributed by atoms with Crippen LogP contribution in [0.3, 0.4) is 0 Å². The number of nitrogens with zero attached hydrogens (tertiary/aromatic N) is 10. The van der Waals surface area contributed by atoms with Crippen molar-refractivity contribution in [2.75, 3.05) is 0 Å². The molecule has 330 valence electrons. The van der Waals surface area contributed by atoms with Crippen LogP contribution in [-0.4, -0.2) is 25.4 Å². The molecule has 8 aromatic carbocycles. The number of para-hydroxylation sites is 8. The molecule has 0 aromatic heterocycles. The molecule has 0 saturated carbocycles. The maximum absolute atomic E-state index is 7.25. The predicted octanol–water partition coefficient (Wildman–Crippen LogP) is 15.3. The molecule has 0 aliphatic rings. The maximum Gasteiger partial charge on any atom is 2.00 e. The van der Waals surface area contributed by atoms with E-state index in [1.165, 1.54) is 0 Å². The van der Waals surface area contributed by atoms with Crippen LogP contribution in [0, 0.1) is 9.81 Å². The third-order valence-corrected chi connectivity index (χ3v) is 7.70. The van der Waals surface area contributed by atoms with Gasteiger partial charge in [-0.3, -0.25) is 0 Å². The Balaban J connectivity index is 0.000000424. The van der Waals surface area contributed by atoms with Crippen LogP contribution in [0.2, 0.25) is 0 Å². The Morgan fingerprint density at radius 3 is 0.530 bits per heavy atom. The first-order valence-electron chi connectivity index (χ1n) is 19.5. The molecule has 2 radical (unpaired) electrons. The Hall–Kier alpha value is -7.91. The molecule has 14 heteroatoms. The summed E-state index contributed by atoms with van der Waals surface area (Å²) >= 11 is 0. The van der Waals surface area contributed by atoms with Gasteiger partial charge in [-0.25, -0.2) is 0 Å². The van der Waals surface area contributed by atoms with Gasteiger partial charge in [-0.15, -0.1) is 9.81 Å². The van der Waals surface area contributed by atoms with Crippen LogP contribution < -0.4 is 11.2 Å². The summed E-state index contributed by atoms with van der Waals surface area (Å²) in [5.41, 5.74) is 18.8. The van der Waals surface area contributed by atoms with Crippen LogP contribution in [0.15, 0.2) is 263 Å². The van der Waals surface area contributed by atoms with Gasteiger partial charge in [0.15, 0.2) is 0 Å². The fourth-order valence-electron chi connectivity index (χ4n) is 4.76. The molecule has 0 fully saturated rings. The molecule has 8 rings (SSSR count). The normalized spacial score (nSPS) is 9.58. The fourth-order valence-corrected chi connectivity index (χ4v) is 4.76. The van der Waals surface area contributed by atoms with Crippen molar-refractivity contribution in [2.45, 2.75) is 0 Å². The van der Waals surface area contributed by atoms with Gasteiger partial charge >= 0.3 is 39.0 Å². The Labute approximate surface area is 412 Å². The zero-order valence-corrected chi connectivity index (χ0v) is 38.9. The van der Waals surface area contributed by atoms with Crippen LogP contribution in [-0.2, 0) is 39.0 Å². The largest absolute Gasteiger partial charge is 2.00 e. The molecule has 0 aliphatic heterocycles. The SMILES string of the molecule is C(=Nc1ccccc1)[N-]c1ccccc1.C(=Nc1ccccc1)[N-]c1ccccc1.C(=Nc1ccccc1)[N-]c1ccccc1.C(=Nc1ccccc1)[N-]c1ccccc1.[N]=O.[N]=O.[Ru+2].[Ru+2]. The summed E-state index contributed by atoms with van der Waals surface area (Å²) in [6, 6.07) is 78.0. The van der Waals surface area contributed by atoms with E-state index in [0.717, 1.165) is 45.5 Å². The Kier molecular flexibility index (Phi) is 32.9. The van der Waals surface area contributed by atoms with Crippen molar-refractivity contribution >= 4 is 70.9 Å². The van der Waals surface area contributed by atoms with E-state index in [9.17, 15) is 0 Å². The smallest absolute Gasteiger partial charge is 0.443 e. The van der Waals surface area contributed by atoms with Crippen molar-refractivity contribution in [3.63, 3.8) is 0 Å². The van der Waals surface area contributed by atoms with Crippen LogP contribution in [0.4, 0.5) is 45.5 Å². The predicted molar refractivity (Wildman–Crippen MR) is 267 cm³/mol. The van der Waals surface area contributed by atoms with Gasteiger partial charge in [0, 0.05) is 0 Å². The van der Waals surface area contributed by atoms with Crippen molar-refractivity contribution in [3.8, 4) is 0 Å². The van der Waals surface area contributed by atoms with E-state index in [4.69, 9.17) is 21.0 Å². The third-order valence-electron chi connectivity index (χ3n) is 7.70. The Morgan fingerprint density at radius 2 is 0.379 bits per heavy atom. The van der Waals surface area contributed by atoms with E-state index < -0.39 is 0 Å². The first kappa shape index (κ1) is 56.1. The maximum atomic E-state index is 7.25. The molecule has 0 N–H and O–H groups in total. The van der Waals surface area contributed by atoms with E-state index in [2.05, 4.69) is 41.2 Å². The summed E-state index contributed by atoms with van der Waals surface area (Å²) in [6.07, 6.45) is 6.30. The van der Waals surface area contributed by atoms with Crippen molar-refractivity contribution in [2.24, 2.45) is 20.0 Å². The third kappa shape index (κ3) is 26.5. The van der Waals surface area contributed by atoms with Gasteiger partial charge in [-0.05, 0) is 45.5 Å². The number of nitroso groups, excluding NO2 is 2. The molecule has 66 heavy (non-hydrogen) atoms. The van der Waals surface area contributed by atoms with Crippen molar-refractivity contribution < 1.29 is 39.0 Å². The van der Waals surface area contributed by atoms with E-state index in [-0.39, 0.29) is 39.0 Å². The first-order valence-corrected chi connectivity index (χ1v) is 19.5. The van der Waals surface area contributed by atoms with E-state index in [1.54, 1.807) is 25.4 Å². The quantitative estimate of drug-likeness (QED) is 0.0670. The molecule has 0 unspecified atom stereocenters. The van der Waals surface area contributed by atoms with Crippen LogP contribution in [0.5, 0.6) is 0 Å². The van der Waals surface area contributed by atoms with Crippen LogP contribution >= 0.6 is 0 Å². The second-order valence-corrected chi connectivity index (χ2v) is 12.2. The van der Waals surface area contributed by atoms with Gasteiger partial charge in [0.2, 0.25) is 0 Å². The second kappa shape index (κ2) is 38.7. The van der Waals surface area contributed by atoms with E-state index in [1.807, 2.05) is 243 Å². The monoisotopic (exact) mass is 1040 g/mol. The standard InChI is InChI=1S/4C13H11N2.2NO.2Ru/c4*1-3-7-12(8-4-1)14-11-15-13-9-5-2-6-10-13;2*1-2;;/h4*1-11H;;;;/q4*-1;;;2*+2. The van der Waals surface area contributed by atoms with Gasteiger partial charge in [-0.1, -0.05) is 268 Å². The zero-order valence-electron chi connectivity index (χ0n) is 35.4. The summed E-state index contributed by atoms with van der Waals surface area (Å²) in [6.45, 7) is 0. The van der Waals surface area contributed by atoms with Gasteiger partial charge in [0.25, 0.3) is 0 Å². The van der Waals surface area contributed by atoms with Crippen molar-refractivity contribution in [1.82, 2.24) is 11.2 Å². The second-order valence-electron chi connectivity index (χ2n) is 12.2. The van der Waals surface area contributed by atoms with Gasteiger partial charge in [0.05, 0.1) is 0 Å². The van der Waals surface area contributed by atoms with Crippen LogP contribution in [0.1, 0.15) is 0 Å². The van der Waals surface area contributed by atoms with Crippen molar-refractivity contribution in [1.29, 1.82) is 0 Å². The number of hydrogen-bond acceptors (Lipinski definition) is 6. The molecule has 0 amide bonds. The van der Waals surface area contributed by atoms with Crippen molar-refractivity contribution in [3.05, 3.63) is 274 Å². The Morgan fingerprint density at radius 1 is 0.242 bits per heavy atom. The number of aliphatic imine (C=N–C) groups is 4. The minimum absolute atomic E-state index is 0. The average molecular weight is 1040 g/mol. The summed E-state index contributed by atoms with van der Waals surface area (Å²) in [7, 11) is 0. The summed E-state index contributed by atoms with van der Waals surface area (Å²) in [5, 5.41) is 16.8. The molecule has 0 spiro atoms. The molecule has 0 heterocycles. The average Bonchev–Trinajstić information content (AvgIpc) is 3.38. The molecule has 0 saturated heterocycles. The molecule has 0 bridgehead atoms. The molecule has 12 nitrogen and oxygen atoms in total. The first-order chi connectivity index (χ1) is 31.8. The van der Waals surface area contributed by atoms with E-state index >= 15 is 0 Å². The fraction of sp³-hybridized carbons (Fsp3) is 0. The number of rotatable bonds is 12. The summed E-state index contributed by atoms with van der Waals surface area (Å²) in [4.78, 5) is 31.3. The van der Waals surface area contributed by atoms with E-state index in [0.29, 0.717) is 0 Å². The summed E-state index contributed by atoms with van der Waals surface area (Å²) < 4.78 is 0. The summed E-state index contributed by atoms with van der Waals surface area (Å²) in [5.74, 6) is 0. The molecular formula is C52H44N10O2Ru2. The minimum atomic E-state index is 0. The van der Waals surface area contributed by atoms with Gasteiger partial charge in [0.1, 0.15) is 11.2 Å². The topological polar surface area (TPSA) is 185 Å². The van der Waals surface area contributed by atoms with Crippen LogP contribution in [0.25, 0.3) is 21.3 Å². The Bertz CT molecular complexity index is 2100. The molecule has 0 aliphatic carbocycles. The van der Waals surface area contributed by atoms with Gasteiger partial charge in [-0.2, -0.15) is 0 Å².